The molecule has 0 amide bonds. The molecule has 0 aliphatic carbocycles. The third kappa shape index (κ3) is 3.55. The summed E-state index contributed by atoms with van der Waals surface area (Å²) in [4.78, 5) is 4.80. The molecule has 0 aromatic heterocycles. The fourth-order valence-electron chi connectivity index (χ4n) is 2.75. The monoisotopic (exact) mass is 260 g/mol. The van der Waals surface area contributed by atoms with Crippen molar-refractivity contribution in [3.63, 3.8) is 0 Å². The summed E-state index contributed by atoms with van der Waals surface area (Å²) in [6, 6.07) is 10.7. The maximum atomic E-state index is 7.85. The molecule has 0 bridgehead atoms. The van der Waals surface area contributed by atoms with Crippen molar-refractivity contribution in [3.05, 3.63) is 35.9 Å². The van der Waals surface area contributed by atoms with Crippen LogP contribution in [0.15, 0.2) is 30.3 Å². The van der Waals surface area contributed by atoms with Crippen LogP contribution in [-0.2, 0) is 0 Å². The van der Waals surface area contributed by atoms with Crippen molar-refractivity contribution in [3.8, 4) is 0 Å². The van der Waals surface area contributed by atoms with E-state index >= 15 is 0 Å². The smallest absolute Gasteiger partial charge is 0.0995 e. The Kier molecular flexibility index (Phi) is 4.56. The molecule has 1 saturated heterocycles. The Morgan fingerprint density at radius 2 is 2.05 bits per heavy atom. The lowest BCUT2D eigenvalue weighted by Crippen LogP contribution is -2.52. The molecule has 0 radical (unpaired) electrons. The number of hydrogen-bond acceptors (Lipinski definition) is 3. The minimum absolute atomic E-state index is 0.00653. The Morgan fingerprint density at radius 1 is 1.37 bits per heavy atom. The van der Waals surface area contributed by atoms with Crippen LogP contribution in [0.25, 0.3) is 0 Å². The highest BCUT2D eigenvalue weighted by Gasteiger charge is 2.25. The Hall–Kier alpha value is -1.39. The zero-order valence-corrected chi connectivity index (χ0v) is 11.8. The normalized spacial score (nSPS) is 23.2. The van der Waals surface area contributed by atoms with E-state index < -0.39 is 0 Å². The zero-order chi connectivity index (χ0) is 13.8. The number of amidine groups is 1. The zero-order valence-electron chi connectivity index (χ0n) is 11.8. The molecule has 2 atom stereocenters. The van der Waals surface area contributed by atoms with E-state index in [1.165, 1.54) is 0 Å². The third-order valence-electron chi connectivity index (χ3n) is 3.96. The van der Waals surface area contributed by atoms with E-state index in [9.17, 15) is 0 Å². The van der Waals surface area contributed by atoms with Crippen molar-refractivity contribution in [2.75, 3.05) is 33.2 Å². The van der Waals surface area contributed by atoms with Gasteiger partial charge in [-0.2, -0.15) is 0 Å². The molecule has 1 fully saturated rings. The fourth-order valence-corrected chi connectivity index (χ4v) is 2.75. The highest BCUT2D eigenvalue weighted by Crippen LogP contribution is 2.19. The van der Waals surface area contributed by atoms with E-state index in [1.54, 1.807) is 0 Å². The van der Waals surface area contributed by atoms with Gasteiger partial charge in [0.2, 0.25) is 0 Å². The van der Waals surface area contributed by atoms with E-state index in [2.05, 4.69) is 35.9 Å². The minimum atomic E-state index is 0.00653. The van der Waals surface area contributed by atoms with E-state index in [-0.39, 0.29) is 11.8 Å². The Morgan fingerprint density at radius 3 is 2.63 bits per heavy atom. The van der Waals surface area contributed by atoms with Crippen molar-refractivity contribution >= 4 is 5.84 Å². The van der Waals surface area contributed by atoms with Crippen LogP contribution in [0.1, 0.15) is 18.4 Å². The summed E-state index contributed by atoms with van der Waals surface area (Å²) in [5.41, 5.74) is 6.94. The van der Waals surface area contributed by atoms with Gasteiger partial charge in [-0.05, 0) is 19.5 Å². The van der Waals surface area contributed by atoms with Crippen molar-refractivity contribution < 1.29 is 0 Å². The molecule has 19 heavy (non-hydrogen) atoms. The number of benzene rings is 1. The van der Waals surface area contributed by atoms with E-state index in [1.807, 2.05) is 18.2 Å². The van der Waals surface area contributed by atoms with E-state index in [4.69, 9.17) is 11.1 Å². The molecule has 104 valence electrons. The van der Waals surface area contributed by atoms with Gasteiger partial charge in [-0.25, -0.2) is 0 Å². The molecule has 4 heteroatoms. The van der Waals surface area contributed by atoms with Crippen LogP contribution in [0.4, 0.5) is 0 Å². The summed E-state index contributed by atoms with van der Waals surface area (Å²) in [5, 5.41) is 7.85. The molecule has 1 aliphatic rings. The molecule has 2 rings (SSSR count). The van der Waals surface area contributed by atoms with Crippen molar-refractivity contribution in [2.24, 2.45) is 5.73 Å². The molecule has 1 aliphatic heterocycles. The molecule has 3 N–H and O–H groups in total. The molecule has 1 aromatic rings. The SMILES string of the molecule is CC1CN(C)CCN1CC(C(=N)N)c1ccccc1. The standard InChI is InChI=1S/C15H24N4/c1-12-10-18(2)8-9-19(12)11-14(15(16)17)13-6-4-3-5-7-13/h3-7,12,14H,8-11H2,1-2H3,(H3,16,17). The average Bonchev–Trinajstić information content (AvgIpc) is 2.38. The first kappa shape index (κ1) is 14.0. The van der Waals surface area contributed by atoms with Crippen LogP contribution >= 0.6 is 0 Å². The second-order valence-corrected chi connectivity index (χ2v) is 5.52. The summed E-state index contributed by atoms with van der Waals surface area (Å²) >= 11 is 0. The van der Waals surface area contributed by atoms with Gasteiger partial charge < -0.3 is 10.6 Å². The first-order chi connectivity index (χ1) is 9.08. The first-order valence-electron chi connectivity index (χ1n) is 6.89. The van der Waals surface area contributed by atoms with Crippen LogP contribution in [0.5, 0.6) is 0 Å². The number of nitrogens with two attached hydrogens (primary N) is 1. The van der Waals surface area contributed by atoms with Crippen molar-refractivity contribution in [2.45, 2.75) is 18.9 Å². The maximum Gasteiger partial charge on any atom is 0.0995 e. The third-order valence-corrected chi connectivity index (χ3v) is 3.96. The summed E-state index contributed by atoms with van der Waals surface area (Å²) in [7, 11) is 2.16. The van der Waals surface area contributed by atoms with Crippen LogP contribution in [0.2, 0.25) is 0 Å². The van der Waals surface area contributed by atoms with Gasteiger partial charge in [0.1, 0.15) is 0 Å². The Bertz CT molecular complexity index is 417. The van der Waals surface area contributed by atoms with Gasteiger partial charge in [-0.15, -0.1) is 0 Å². The lowest BCUT2D eigenvalue weighted by molar-refractivity contribution is 0.0990. The van der Waals surface area contributed by atoms with Gasteiger partial charge in [-0.3, -0.25) is 10.3 Å². The van der Waals surface area contributed by atoms with Crippen molar-refractivity contribution in [1.29, 1.82) is 5.41 Å². The molecule has 1 heterocycles. The lowest BCUT2D eigenvalue weighted by atomic mass is 9.96. The lowest BCUT2D eigenvalue weighted by Gasteiger charge is -2.39. The molecule has 0 saturated carbocycles. The summed E-state index contributed by atoms with van der Waals surface area (Å²) in [5.74, 6) is 0.268. The van der Waals surface area contributed by atoms with Gasteiger partial charge in [0.15, 0.2) is 0 Å². The molecule has 4 nitrogen and oxygen atoms in total. The minimum Gasteiger partial charge on any atom is -0.387 e. The topological polar surface area (TPSA) is 56.4 Å². The number of nitrogens with zero attached hydrogens (tertiary/aromatic N) is 2. The van der Waals surface area contributed by atoms with E-state index in [0.29, 0.717) is 6.04 Å². The van der Waals surface area contributed by atoms with Gasteiger partial charge >= 0.3 is 0 Å². The van der Waals surface area contributed by atoms with Crippen LogP contribution < -0.4 is 5.73 Å². The molecular formula is C15H24N4. The highest BCUT2D eigenvalue weighted by atomic mass is 15.3. The quantitative estimate of drug-likeness (QED) is 0.634. The largest absolute Gasteiger partial charge is 0.387 e. The second-order valence-electron chi connectivity index (χ2n) is 5.52. The maximum absolute atomic E-state index is 7.85. The number of rotatable bonds is 4. The number of piperazine rings is 1. The predicted molar refractivity (Wildman–Crippen MR) is 79.6 cm³/mol. The summed E-state index contributed by atoms with van der Waals surface area (Å²) in [6.07, 6.45) is 0. The predicted octanol–water partition coefficient (Wildman–Crippen LogP) is 1.34. The Labute approximate surface area is 115 Å². The van der Waals surface area contributed by atoms with Gasteiger partial charge in [0.25, 0.3) is 0 Å². The van der Waals surface area contributed by atoms with Gasteiger partial charge in [0, 0.05) is 32.2 Å². The van der Waals surface area contributed by atoms with E-state index in [0.717, 1.165) is 31.7 Å². The summed E-state index contributed by atoms with van der Waals surface area (Å²) < 4.78 is 0. The second kappa shape index (κ2) is 6.17. The Balaban J connectivity index is 2.07. The average molecular weight is 260 g/mol. The molecule has 0 spiro atoms. The van der Waals surface area contributed by atoms with Crippen LogP contribution in [0, 0.1) is 5.41 Å². The highest BCUT2D eigenvalue weighted by molar-refractivity contribution is 5.84. The number of likely N-dealkylation sites (N-methyl/N-ethyl adjacent to an activating group) is 1. The summed E-state index contributed by atoms with van der Waals surface area (Å²) in [6.45, 7) is 6.31. The van der Waals surface area contributed by atoms with Crippen LogP contribution in [0.3, 0.4) is 0 Å². The number of nitrogens with one attached hydrogen (secondary N) is 1. The molecule has 1 aromatic carbocycles. The number of hydrogen-bond donors (Lipinski definition) is 2. The van der Waals surface area contributed by atoms with Crippen LogP contribution in [-0.4, -0.2) is 54.9 Å². The fraction of sp³-hybridized carbons (Fsp3) is 0.533. The molecular weight excluding hydrogens is 236 g/mol. The van der Waals surface area contributed by atoms with Gasteiger partial charge in [0.05, 0.1) is 11.8 Å². The van der Waals surface area contributed by atoms with Crippen molar-refractivity contribution in [1.82, 2.24) is 9.80 Å². The van der Waals surface area contributed by atoms with Gasteiger partial charge in [-0.1, -0.05) is 30.3 Å². The first-order valence-corrected chi connectivity index (χ1v) is 6.89. The molecule has 2 unspecified atom stereocenters.